The largest absolute Gasteiger partial charge is 0.490 e. The van der Waals surface area contributed by atoms with Gasteiger partial charge in [0.15, 0.2) is 0 Å². The van der Waals surface area contributed by atoms with E-state index < -0.39 is 0 Å². The van der Waals surface area contributed by atoms with E-state index >= 15 is 0 Å². The molecule has 17 heavy (non-hydrogen) atoms. The molecule has 2 nitrogen and oxygen atoms in total. The molecule has 0 radical (unpaired) electrons. The summed E-state index contributed by atoms with van der Waals surface area (Å²) in [5, 5.41) is 0. The van der Waals surface area contributed by atoms with Crippen LogP contribution in [0.25, 0.3) is 0 Å². The fourth-order valence-corrected chi connectivity index (χ4v) is 3.52. The fourth-order valence-electron chi connectivity index (χ4n) is 3.16. The Balaban J connectivity index is 1.65. The zero-order chi connectivity index (χ0) is 11.8. The number of piperidine rings is 1. The van der Waals surface area contributed by atoms with Crippen LogP contribution < -0.4 is 4.74 Å². The Labute approximate surface area is 116 Å². The van der Waals surface area contributed by atoms with Crippen molar-refractivity contribution >= 4 is 22.6 Å². The van der Waals surface area contributed by atoms with Crippen LogP contribution in [0.3, 0.4) is 0 Å². The first-order valence-corrected chi connectivity index (χ1v) is 7.44. The van der Waals surface area contributed by atoms with Crippen molar-refractivity contribution in [1.29, 1.82) is 0 Å². The van der Waals surface area contributed by atoms with Crippen molar-refractivity contribution in [3.8, 4) is 5.75 Å². The van der Waals surface area contributed by atoms with Crippen LogP contribution in [0.15, 0.2) is 24.3 Å². The summed E-state index contributed by atoms with van der Waals surface area (Å²) >= 11 is 2.32. The van der Waals surface area contributed by atoms with Gasteiger partial charge < -0.3 is 9.64 Å². The van der Waals surface area contributed by atoms with Gasteiger partial charge in [-0.2, -0.15) is 0 Å². The van der Waals surface area contributed by atoms with Crippen LogP contribution in [-0.4, -0.2) is 30.1 Å². The third-order valence-corrected chi connectivity index (χ3v) is 4.89. The van der Waals surface area contributed by atoms with Gasteiger partial charge in [0, 0.05) is 15.7 Å². The number of ether oxygens (including phenoxy) is 1. The second kappa shape index (κ2) is 4.76. The number of nitrogens with zero attached hydrogens (tertiary/aromatic N) is 1. The van der Waals surface area contributed by atoms with Crippen LogP contribution in [0.1, 0.15) is 25.7 Å². The molecule has 0 unspecified atom stereocenters. The number of rotatable bonds is 2. The van der Waals surface area contributed by atoms with E-state index in [1.807, 2.05) is 0 Å². The zero-order valence-electron chi connectivity index (χ0n) is 10.1. The molecular formula is C14H18INO. The Kier molecular flexibility index (Phi) is 3.30. The monoisotopic (exact) mass is 343 g/mol. The second-order valence-corrected chi connectivity index (χ2v) is 6.46. The first-order chi connectivity index (χ1) is 8.22. The van der Waals surface area contributed by atoms with Gasteiger partial charge in [0.05, 0.1) is 0 Å². The van der Waals surface area contributed by atoms with Crippen LogP contribution in [0.2, 0.25) is 0 Å². The highest BCUT2D eigenvalue weighted by Gasteiger charge is 2.39. The molecule has 3 heteroatoms. The molecule has 2 heterocycles. The van der Waals surface area contributed by atoms with Crippen molar-refractivity contribution in [1.82, 2.24) is 4.90 Å². The Morgan fingerprint density at radius 1 is 1.12 bits per heavy atom. The van der Waals surface area contributed by atoms with Crippen LogP contribution in [0, 0.1) is 3.57 Å². The average Bonchev–Trinajstić information content (AvgIpc) is 2.55. The van der Waals surface area contributed by atoms with Crippen LogP contribution in [0.5, 0.6) is 5.75 Å². The minimum atomic E-state index is 0.420. The van der Waals surface area contributed by atoms with E-state index in [0.717, 1.165) is 17.8 Å². The Hall–Kier alpha value is -0.290. The lowest BCUT2D eigenvalue weighted by molar-refractivity contribution is 0.0661. The van der Waals surface area contributed by atoms with Gasteiger partial charge in [0.2, 0.25) is 0 Å². The number of halogens is 1. The molecule has 0 N–H and O–H groups in total. The van der Waals surface area contributed by atoms with E-state index in [2.05, 4.69) is 58.8 Å². The summed E-state index contributed by atoms with van der Waals surface area (Å²) in [6.07, 6.45) is 5.52. The van der Waals surface area contributed by atoms with Gasteiger partial charge >= 0.3 is 0 Å². The predicted molar refractivity (Wildman–Crippen MR) is 77.4 cm³/mol. The van der Waals surface area contributed by atoms with Crippen molar-refractivity contribution in [2.75, 3.05) is 7.05 Å². The maximum absolute atomic E-state index is 6.11. The summed E-state index contributed by atoms with van der Waals surface area (Å²) < 4.78 is 7.37. The second-order valence-electron chi connectivity index (χ2n) is 5.22. The number of benzene rings is 1. The molecule has 3 rings (SSSR count). The highest BCUT2D eigenvalue weighted by molar-refractivity contribution is 14.1. The van der Waals surface area contributed by atoms with Crippen LogP contribution in [0.4, 0.5) is 0 Å². The van der Waals surface area contributed by atoms with E-state index in [9.17, 15) is 0 Å². The molecule has 1 aromatic rings. The van der Waals surface area contributed by atoms with Crippen molar-refractivity contribution in [3.63, 3.8) is 0 Å². The SMILES string of the molecule is CN1[C@@H]2CC[C@H]1C[C@@H](Oc1ccc(I)cc1)C2. The van der Waals surface area contributed by atoms with E-state index in [-0.39, 0.29) is 0 Å². The van der Waals surface area contributed by atoms with Gasteiger partial charge in [-0.25, -0.2) is 0 Å². The van der Waals surface area contributed by atoms with Gasteiger partial charge in [-0.3, -0.25) is 0 Å². The number of hydrogen-bond donors (Lipinski definition) is 0. The van der Waals surface area contributed by atoms with Gasteiger partial charge in [-0.05, 0) is 79.6 Å². The van der Waals surface area contributed by atoms with Gasteiger partial charge in [0.25, 0.3) is 0 Å². The number of fused-ring (bicyclic) bond motifs is 2. The molecule has 2 bridgehead atoms. The molecule has 2 saturated heterocycles. The standard InChI is InChI=1S/C14H18INO/c1-16-11-4-5-12(16)9-14(8-11)17-13-6-2-10(15)3-7-13/h2-3,6-7,11-12,14H,4-5,8-9H2,1H3/t11-,12+,14+. The maximum atomic E-state index is 6.11. The van der Waals surface area contributed by atoms with Gasteiger partial charge in [0.1, 0.15) is 11.9 Å². The predicted octanol–water partition coefficient (Wildman–Crippen LogP) is 3.30. The molecule has 3 atom stereocenters. The van der Waals surface area contributed by atoms with Crippen LogP contribution >= 0.6 is 22.6 Å². The minimum absolute atomic E-state index is 0.420. The van der Waals surface area contributed by atoms with Crippen molar-refractivity contribution in [2.45, 2.75) is 43.9 Å². The topological polar surface area (TPSA) is 12.5 Å². The summed E-state index contributed by atoms with van der Waals surface area (Å²) in [7, 11) is 2.27. The first-order valence-electron chi connectivity index (χ1n) is 6.36. The molecule has 0 amide bonds. The quantitative estimate of drug-likeness (QED) is 0.764. The normalized spacial score (nSPS) is 32.7. The lowest BCUT2D eigenvalue weighted by Crippen LogP contribution is -2.43. The van der Waals surface area contributed by atoms with E-state index in [4.69, 9.17) is 4.74 Å². The molecule has 2 aliphatic rings. The lowest BCUT2D eigenvalue weighted by Gasteiger charge is -2.36. The molecule has 0 spiro atoms. The molecule has 2 fully saturated rings. The highest BCUT2D eigenvalue weighted by atomic mass is 127. The highest BCUT2D eigenvalue weighted by Crippen LogP contribution is 2.35. The lowest BCUT2D eigenvalue weighted by atomic mass is 10.0. The summed E-state index contributed by atoms with van der Waals surface area (Å²) in [5.41, 5.74) is 0. The first kappa shape index (κ1) is 11.8. The van der Waals surface area contributed by atoms with E-state index in [1.54, 1.807) is 0 Å². The van der Waals surface area contributed by atoms with E-state index in [1.165, 1.54) is 29.3 Å². The third-order valence-electron chi connectivity index (χ3n) is 4.17. The summed E-state index contributed by atoms with van der Waals surface area (Å²) in [6, 6.07) is 9.90. The molecule has 0 aliphatic carbocycles. The molecule has 1 aromatic carbocycles. The van der Waals surface area contributed by atoms with Gasteiger partial charge in [-0.15, -0.1) is 0 Å². The summed E-state index contributed by atoms with van der Waals surface area (Å²) in [6.45, 7) is 0. The average molecular weight is 343 g/mol. The smallest absolute Gasteiger partial charge is 0.119 e. The van der Waals surface area contributed by atoms with Crippen molar-refractivity contribution in [3.05, 3.63) is 27.8 Å². The summed E-state index contributed by atoms with van der Waals surface area (Å²) in [4.78, 5) is 2.55. The van der Waals surface area contributed by atoms with Gasteiger partial charge in [-0.1, -0.05) is 0 Å². The maximum Gasteiger partial charge on any atom is 0.119 e. The Bertz CT molecular complexity index is 378. The molecule has 92 valence electrons. The summed E-state index contributed by atoms with van der Waals surface area (Å²) in [5.74, 6) is 1.03. The molecular weight excluding hydrogens is 325 g/mol. The molecule has 2 aliphatic heterocycles. The van der Waals surface area contributed by atoms with E-state index in [0.29, 0.717) is 6.10 Å². The Morgan fingerprint density at radius 2 is 1.71 bits per heavy atom. The third kappa shape index (κ3) is 2.45. The molecule has 0 saturated carbocycles. The minimum Gasteiger partial charge on any atom is -0.490 e. The zero-order valence-corrected chi connectivity index (χ0v) is 12.3. The van der Waals surface area contributed by atoms with Crippen molar-refractivity contribution < 1.29 is 4.74 Å². The van der Waals surface area contributed by atoms with Crippen LogP contribution in [-0.2, 0) is 0 Å². The fraction of sp³-hybridized carbons (Fsp3) is 0.571. The van der Waals surface area contributed by atoms with Crippen molar-refractivity contribution in [2.24, 2.45) is 0 Å². The Morgan fingerprint density at radius 3 is 2.29 bits per heavy atom. The number of hydrogen-bond acceptors (Lipinski definition) is 2. The molecule has 0 aromatic heterocycles.